The van der Waals surface area contributed by atoms with Crippen LogP contribution >= 0.6 is 0 Å². The molecule has 8 nitrogen and oxygen atoms in total. The highest BCUT2D eigenvalue weighted by molar-refractivity contribution is 7.84. The summed E-state index contributed by atoms with van der Waals surface area (Å²) in [7, 11) is -1.24. The predicted molar refractivity (Wildman–Crippen MR) is 157 cm³/mol. The van der Waals surface area contributed by atoms with Gasteiger partial charge in [-0.3, -0.25) is 9.00 Å². The van der Waals surface area contributed by atoms with Crippen LogP contribution in [0, 0.1) is 12.8 Å². The smallest absolute Gasteiger partial charge is 0.255 e. The fraction of sp³-hybridized carbons (Fsp3) is 0.400. The van der Waals surface area contributed by atoms with Gasteiger partial charge in [0.1, 0.15) is 11.9 Å². The Bertz CT molecular complexity index is 1430. The fourth-order valence-corrected chi connectivity index (χ4v) is 5.21. The molecule has 3 aromatic rings. The average Bonchev–Trinajstić information content (AvgIpc) is 3.61. The van der Waals surface area contributed by atoms with Crippen LogP contribution in [0.1, 0.15) is 66.7 Å². The highest BCUT2D eigenvalue weighted by Crippen LogP contribution is 2.33. The number of aromatic nitrogens is 1. The number of carbonyl (C=O) groups is 1. The van der Waals surface area contributed by atoms with Crippen LogP contribution in [0.15, 0.2) is 70.0 Å². The largest absolute Gasteiger partial charge is 0.370 e. The Labute approximate surface area is 232 Å². The van der Waals surface area contributed by atoms with E-state index >= 15 is 0 Å². The zero-order valence-corrected chi connectivity index (χ0v) is 24.0. The Morgan fingerprint density at radius 1 is 1.10 bits per heavy atom. The quantitative estimate of drug-likeness (QED) is 0.341. The molecule has 0 spiro atoms. The van der Waals surface area contributed by atoms with Gasteiger partial charge < -0.3 is 10.6 Å². The highest BCUT2D eigenvalue weighted by Gasteiger charge is 2.25. The van der Waals surface area contributed by atoms with E-state index in [9.17, 15) is 9.00 Å². The molecule has 2 atom stereocenters. The minimum atomic E-state index is -1.24. The third-order valence-corrected chi connectivity index (χ3v) is 8.21. The Morgan fingerprint density at radius 3 is 2.56 bits per heavy atom. The van der Waals surface area contributed by atoms with Gasteiger partial charge in [0.05, 0.1) is 33.6 Å². The summed E-state index contributed by atoms with van der Waals surface area (Å²) in [5.41, 5.74) is 4.84. The molecule has 1 aromatic heterocycles. The lowest BCUT2D eigenvalue weighted by Crippen LogP contribution is -2.19. The van der Waals surface area contributed by atoms with Gasteiger partial charge in [-0.25, -0.2) is 9.99 Å². The topological polar surface area (TPSA) is 99.1 Å². The molecule has 1 aliphatic heterocycles. The van der Waals surface area contributed by atoms with Crippen LogP contribution in [0.3, 0.4) is 0 Å². The van der Waals surface area contributed by atoms with Crippen LogP contribution in [0.5, 0.6) is 0 Å². The van der Waals surface area contributed by atoms with E-state index in [1.54, 1.807) is 12.3 Å². The van der Waals surface area contributed by atoms with Crippen molar-refractivity contribution in [2.45, 2.75) is 56.9 Å². The molecule has 2 unspecified atom stereocenters. The van der Waals surface area contributed by atoms with Crippen LogP contribution in [0.4, 0.5) is 17.2 Å². The summed E-state index contributed by atoms with van der Waals surface area (Å²) in [6.07, 6.45) is 6.09. The molecule has 2 aliphatic rings. The van der Waals surface area contributed by atoms with Crippen LogP contribution in [0.25, 0.3) is 0 Å². The summed E-state index contributed by atoms with van der Waals surface area (Å²) >= 11 is 0. The SMILES string of the molecule is Cc1ccc(C(=O)Nc2cc(C(C)(C)C)ccc2S(C)=O)cc1N1CC(c2ccc(NCC3CC3)nc2)N=N1. The van der Waals surface area contributed by atoms with Crippen molar-refractivity contribution in [1.82, 2.24) is 4.98 Å². The van der Waals surface area contributed by atoms with Crippen molar-refractivity contribution in [2.24, 2.45) is 16.3 Å². The monoisotopic (exact) mass is 544 g/mol. The molecule has 39 heavy (non-hydrogen) atoms. The second-order valence-corrected chi connectivity index (χ2v) is 12.8. The molecule has 0 bridgehead atoms. The number of pyridine rings is 1. The molecule has 204 valence electrons. The number of hydrogen-bond acceptors (Lipinski definition) is 7. The van der Waals surface area contributed by atoms with Crippen molar-refractivity contribution in [3.63, 3.8) is 0 Å². The van der Waals surface area contributed by atoms with E-state index in [-0.39, 0.29) is 17.4 Å². The summed E-state index contributed by atoms with van der Waals surface area (Å²) in [6.45, 7) is 9.86. The molecule has 2 N–H and O–H groups in total. The van der Waals surface area contributed by atoms with Crippen molar-refractivity contribution < 1.29 is 9.00 Å². The van der Waals surface area contributed by atoms with E-state index in [0.29, 0.717) is 22.7 Å². The third-order valence-electron chi connectivity index (χ3n) is 7.24. The van der Waals surface area contributed by atoms with Crippen LogP contribution in [-0.4, -0.2) is 34.4 Å². The Kier molecular flexibility index (Phi) is 7.53. The molecule has 0 saturated heterocycles. The standard InChI is InChI=1S/C30H36N6O2S/c1-19-6-9-21(29(37)33-24-15-23(30(2,3)4)11-12-27(24)39(5)38)14-26(19)36-18-25(34-35-36)22-10-13-28(32-17-22)31-16-20-7-8-20/h6,9-15,17,20,25H,7-8,16,18H2,1-5H3,(H,31,32)(H,33,37). The summed E-state index contributed by atoms with van der Waals surface area (Å²) in [4.78, 5) is 18.5. The van der Waals surface area contributed by atoms with Gasteiger partial charge in [0.25, 0.3) is 5.91 Å². The zero-order valence-electron chi connectivity index (χ0n) is 23.2. The molecule has 2 aromatic carbocycles. The second kappa shape index (κ2) is 10.9. The van der Waals surface area contributed by atoms with Crippen LogP contribution in [-0.2, 0) is 16.2 Å². The van der Waals surface area contributed by atoms with Gasteiger partial charge in [-0.1, -0.05) is 44.2 Å². The van der Waals surface area contributed by atoms with Gasteiger partial charge in [-0.15, -0.1) is 0 Å². The molecule has 9 heteroatoms. The number of carbonyl (C=O) groups excluding carboxylic acids is 1. The lowest BCUT2D eigenvalue weighted by atomic mass is 9.87. The molecule has 5 rings (SSSR count). The predicted octanol–water partition coefficient (Wildman–Crippen LogP) is 6.43. The van der Waals surface area contributed by atoms with Gasteiger partial charge in [-0.05, 0) is 78.1 Å². The van der Waals surface area contributed by atoms with Crippen molar-refractivity contribution in [1.29, 1.82) is 0 Å². The van der Waals surface area contributed by atoms with E-state index in [0.717, 1.165) is 40.7 Å². The molecule has 1 saturated carbocycles. The molecule has 1 amide bonds. The van der Waals surface area contributed by atoms with Crippen LogP contribution < -0.4 is 15.6 Å². The number of anilines is 3. The first kappa shape index (κ1) is 27.0. The van der Waals surface area contributed by atoms with Gasteiger partial charge in [-0.2, -0.15) is 5.11 Å². The number of nitrogens with zero attached hydrogens (tertiary/aromatic N) is 4. The molecule has 1 fully saturated rings. The second-order valence-electron chi connectivity index (χ2n) is 11.5. The highest BCUT2D eigenvalue weighted by atomic mass is 32.2. The minimum Gasteiger partial charge on any atom is -0.370 e. The lowest BCUT2D eigenvalue weighted by molar-refractivity contribution is 0.102. The number of aryl methyl sites for hydroxylation is 1. The van der Waals surface area contributed by atoms with Crippen molar-refractivity contribution in [3.05, 3.63) is 77.0 Å². The van der Waals surface area contributed by atoms with E-state index in [1.165, 1.54) is 12.8 Å². The number of nitrogens with one attached hydrogen (secondary N) is 2. The fourth-order valence-electron chi connectivity index (χ4n) is 4.53. The third kappa shape index (κ3) is 6.36. The Morgan fingerprint density at radius 2 is 1.90 bits per heavy atom. The Hall–Kier alpha value is -3.59. The summed E-state index contributed by atoms with van der Waals surface area (Å²) < 4.78 is 12.4. The van der Waals surface area contributed by atoms with Gasteiger partial charge in [0.2, 0.25) is 0 Å². The van der Waals surface area contributed by atoms with Gasteiger partial charge in [0.15, 0.2) is 0 Å². The summed E-state index contributed by atoms with van der Waals surface area (Å²) in [5.74, 6) is 1.41. The van der Waals surface area contributed by atoms with Crippen LogP contribution in [0.2, 0.25) is 0 Å². The number of benzene rings is 2. The number of hydrogen-bond donors (Lipinski definition) is 2. The van der Waals surface area contributed by atoms with Crippen molar-refractivity contribution in [3.8, 4) is 0 Å². The first-order chi connectivity index (χ1) is 18.6. The van der Waals surface area contributed by atoms with Gasteiger partial charge >= 0.3 is 0 Å². The molecular formula is C30H36N6O2S. The first-order valence-electron chi connectivity index (χ1n) is 13.4. The Balaban J connectivity index is 1.30. The average molecular weight is 545 g/mol. The van der Waals surface area contributed by atoms with E-state index in [4.69, 9.17) is 0 Å². The minimum absolute atomic E-state index is 0.107. The van der Waals surface area contributed by atoms with E-state index < -0.39 is 10.8 Å². The molecule has 0 radical (unpaired) electrons. The maximum atomic E-state index is 13.3. The normalized spacial score (nSPS) is 17.8. The number of amides is 1. The zero-order chi connectivity index (χ0) is 27.7. The van der Waals surface area contributed by atoms with E-state index in [2.05, 4.69) is 46.7 Å². The van der Waals surface area contributed by atoms with Crippen molar-refractivity contribution in [2.75, 3.05) is 35.0 Å². The molecule has 2 heterocycles. The van der Waals surface area contributed by atoms with Crippen molar-refractivity contribution >= 4 is 33.9 Å². The molecular weight excluding hydrogens is 508 g/mol. The van der Waals surface area contributed by atoms with E-state index in [1.807, 2.05) is 60.6 Å². The lowest BCUT2D eigenvalue weighted by Gasteiger charge is -2.21. The maximum absolute atomic E-state index is 13.3. The first-order valence-corrected chi connectivity index (χ1v) is 14.9. The summed E-state index contributed by atoms with van der Waals surface area (Å²) in [6, 6.07) is 15.2. The molecule has 1 aliphatic carbocycles. The van der Waals surface area contributed by atoms with Gasteiger partial charge in [0, 0.05) is 24.6 Å². The summed E-state index contributed by atoms with van der Waals surface area (Å²) in [5, 5.41) is 17.1. The maximum Gasteiger partial charge on any atom is 0.255 e. The number of rotatable bonds is 8.